The Labute approximate surface area is 164 Å². The molecule has 0 radical (unpaired) electrons. The van der Waals surface area contributed by atoms with E-state index < -0.39 is 5.82 Å². The van der Waals surface area contributed by atoms with E-state index in [-0.39, 0.29) is 6.61 Å². The highest BCUT2D eigenvalue weighted by Gasteiger charge is 2.14. The molecule has 0 unspecified atom stereocenters. The molecule has 6 heteroatoms. The number of hydrogen-bond acceptors (Lipinski definition) is 3. The van der Waals surface area contributed by atoms with Crippen molar-refractivity contribution < 1.29 is 13.9 Å². The molecule has 2 aromatic carbocycles. The van der Waals surface area contributed by atoms with Crippen LogP contribution in [0.15, 0.2) is 30.3 Å². The monoisotopic (exact) mass is 399 g/mol. The summed E-state index contributed by atoms with van der Waals surface area (Å²) in [6.45, 7) is 6.11. The molecule has 0 aliphatic carbocycles. The number of rotatable bonds is 10. The van der Waals surface area contributed by atoms with Crippen LogP contribution in [0, 0.1) is 5.82 Å². The average molecular weight is 400 g/mol. The van der Waals surface area contributed by atoms with Gasteiger partial charge < -0.3 is 14.8 Å². The minimum Gasteiger partial charge on any atom is -0.490 e. The molecule has 0 saturated carbocycles. The molecule has 0 aliphatic heterocycles. The van der Waals surface area contributed by atoms with Crippen LogP contribution in [0.2, 0.25) is 10.0 Å². The highest BCUT2D eigenvalue weighted by atomic mass is 35.5. The van der Waals surface area contributed by atoms with Gasteiger partial charge in [0.05, 0.1) is 11.6 Å². The molecule has 3 nitrogen and oxygen atoms in total. The lowest BCUT2D eigenvalue weighted by Gasteiger charge is -2.16. The normalized spacial score (nSPS) is 10.8. The molecule has 0 aromatic heterocycles. The van der Waals surface area contributed by atoms with Crippen LogP contribution in [0.3, 0.4) is 0 Å². The Morgan fingerprint density at radius 3 is 2.50 bits per heavy atom. The van der Waals surface area contributed by atoms with E-state index in [1.165, 1.54) is 6.07 Å². The quantitative estimate of drug-likeness (QED) is 0.496. The molecule has 0 spiro atoms. The summed E-state index contributed by atoms with van der Waals surface area (Å²) in [7, 11) is 0. The fraction of sp³-hybridized carbons (Fsp3) is 0.400. The first-order chi connectivity index (χ1) is 12.6. The van der Waals surface area contributed by atoms with Crippen LogP contribution >= 0.6 is 23.2 Å². The van der Waals surface area contributed by atoms with Crippen molar-refractivity contribution in [1.29, 1.82) is 0 Å². The number of hydrogen-bond donors (Lipinski definition) is 1. The van der Waals surface area contributed by atoms with Crippen LogP contribution in [-0.2, 0) is 13.2 Å². The molecule has 0 heterocycles. The summed E-state index contributed by atoms with van der Waals surface area (Å²) >= 11 is 12.4. The molecule has 0 atom stereocenters. The Morgan fingerprint density at radius 2 is 1.81 bits per heavy atom. The van der Waals surface area contributed by atoms with Gasteiger partial charge in [0.1, 0.15) is 12.4 Å². The van der Waals surface area contributed by atoms with Crippen molar-refractivity contribution in [2.75, 3.05) is 13.2 Å². The van der Waals surface area contributed by atoms with Gasteiger partial charge in [-0.3, -0.25) is 0 Å². The fourth-order valence-electron chi connectivity index (χ4n) is 2.44. The van der Waals surface area contributed by atoms with Gasteiger partial charge in [0, 0.05) is 23.2 Å². The van der Waals surface area contributed by atoms with Gasteiger partial charge in [0.15, 0.2) is 11.5 Å². The maximum absolute atomic E-state index is 13.9. The van der Waals surface area contributed by atoms with Crippen LogP contribution < -0.4 is 14.8 Å². The van der Waals surface area contributed by atoms with Crippen molar-refractivity contribution in [3.8, 4) is 11.5 Å². The fourth-order valence-corrected chi connectivity index (χ4v) is 2.88. The maximum atomic E-state index is 13.9. The Bertz CT molecular complexity index is 705. The number of unbranched alkanes of at least 4 members (excludes halogenated alkanes) is 1. The van der Waals surface area contributed by atoms with Gasteiger partial charge in [-0.25, -0.2) is 4.39 Å². The first-order valence-corrected chi connectivity index (χ1v) is 9.54. The van der Waals surface area contributed by atoms with Crippen molar-refractivity contribution in [1.82, 2.24) is 5.32 Å². The van der Waals surface area contributed by atoms with Crippen molar-refractivity contribution in [3.63, 3.8) is 0 Å². The lowest BCUT2D eigenvalue weighted by molar-refractivity contribution is 0.265. The summed E-state index contributed by atoms with van der Waals surface area (Å²) in [6, 6.07) is 8.11. The van der Waals surface area contributed by atoms with E-state index >= 15 is 0 Å². The summed E-state index contributed by atoms with van der Waals surface area (Å²) in [5.41, 5.74) is 1.24. The van der Waals surface area contributed by atoms with Gasteiger partial charge in [-0.15, -0.1) is 0 Å². The van der Waals surface area contributed by atoms with Crippen molar-refractivity contribution in [2.24, 2.45) is 0 Å². The molecular weight excluding hydrogens is 376 g/mol. The first kappa shape index (κ1) is 20.8. The van der Waals surface area contributed by atoms with E-state index in [1.807, 2.05) is 13.0 Å². The molecular formula is C20H24Cl2FNO2. The second-order valence-electron chi connectivity index (χ2n) is 5.84. The van der Waals surface area contributed by atoms with E-state index in [0.29, 0.717) is 40.3 Å². The molecule has 142 valence electrons. The van der Waals surface area contributed by atoms with Gasteiger partial charge in [0.2, 0.25) is 0 Å². The van der Waals surface area contributed by atoms with E-state index in [4.69, 9.17) is 32.7 Å². The zero-order valence-corrected chi connectivity index (χ0v) is 16.6. The van der Waals surface area contributed by atoms with E-state index in [1.54, 1.807) is 18.2 Å². The highest BCUT2D eigenvalue weighted by Crippen LogP contribution is 2.35. The van der Waals surface area contributed by atoms with Crippen LogP contribution in [-0.4, -0.2) is 13.2 Å². The second kappa shape index (κ2) is 10.6. The Morgan fingerprint density at radius 1 is 1.04 bits per heavy atom. The SMILES string of the molecule is CCCCNCc1cc(OCC)c(OCc2c(F)cccc2Cl)cc1Cl. The molecule has 0 bridgehead atoms. The lowest BCUT2D eigenvalue weighted by atomic mass is 10.2. The zero-order chi connectivity index (χ0) is 18.9. The molecule has 2 rings (SSSR count). The number of nitrogens with one attached hydrogen (secondary N) is 1. The molecule has 0 amide bonds. The van der Waals surface area contributed by atoms with Crippen molar-refractivity contribution >= 4 is 23.2 Å². The Hall–Kier alpha value is -1.49. The zero-order valence-electron chi connectivity index (χ0n) is 15.1. The number of halogens is 3. The first-order valence-electron chi connectivity index (χ1n) is 8.78. The van der Waals surface area contributed by atoms with Gasteiger partial charge in [-0.1, -0.05) is 42.6 Å². The van der Waals surface area contributed by atoms with Gasteiger partial charge in [-0.2, -0.15) is 0 Å². The minimum atomic E-state index is -0.404. The van der Waals surface area contributed by atoms with Crippen LogP contribution in [0.25, 0.3) is 0 Å². The molecule has 2 aromatic rings. The third-order valence-electron chi connectivity index (χ3n) is 3.87. The van der Waals surface area contributed by atoms with Gasteiger partial charge >= 0.3 is 0 Å². The summed E-state index contributed by atoms with van der Waals surface area (Å²) in [5, 5.41) is 4.26. The average Bonchev–Trinajstić information content (AvgIpc) is 2.61. The number of ether oxygens (including phenoxy) is 2. The Balaban J connectivity index is 2.15. The summed E-state index contributed by atoms with van der Waals surface area (Å²) in [4.78, 5) is 0. The summed E-state index contributed by atoms with van der Waals surface area (Å²) in [5.74, 6) is 0.642. The molecule has 1 N–H and O–H groups in total. The standard InChI is InChI=1S/C20H24Cl2FNO2/c1-3-5-9-24-12-14-10-19(25-4-2)20(11-17(14)22)26-13-15-16(21)7-6-8-18(15)23/h6-8,10-11,24H,3-5,9,12-13H2,1-2H3. The predicted molar refractivity (Wildman–Crippen MR) is 105 cm³/mol. The molecule has 0 fully saturated rings. The molecule has 0 aliphatic rings. The predicted octanol–water partition coefficient (Wildman–Crippen LogP) is 6.00. The Kier molecular flexibility index (Phi) is 8.49. The minimum absolute atomic E-state index is 0.00396. The third kappa shape index (κ3) is 5.76. The number of benzene rings is 2. The smallest absolute Gasteiger partial charge is 0.163 e. The van der Waals surface area contributed by atoms with E-state index in [0.717, 1.165) is 24.9 Å². The largest absolute Gasteiger partial charge is 0.490 e. The summed E-state index contributed by atoms with van der Waals surface area (Å²) < 4.78 is 25.4. The second-order valence-corrected chi connectivity index (χ2v) is 6.66. The third-order valence-corrected chi connectivity index (χ3v) is 4.57. The van der Waals surface area contributed by atoms with Gasteiger partial charge in [0.25, 0.3) is 0 Å². The van der Waals surface area contributed by atoms with Crippen LogP contribution in [0.4, 0.5) is 4.39 Å². The topological polar surface area (TPSA) is 30.5 Å². The lowest BCUT2D eigenvalue weighted by Crippen LogP contribution is -2.15. The van der Waals surface area contributed by atoms with E-state index in [2.05, 4.69) is 12.2 Å². The highest BCUT2D eigenvalue weighted by molar-refractivity contribution is 6.31. The van der Waals surface area contributed by atoms with Crippen molar-refractivity contribution in [2.45, 2.75) is 39.8 Å². The molecule has 0 saturated heterocycles. The van der Waals surface area contributed by atoms with Crippen molar-refractivity contribution in [3.05, 3.63) is 57.3 Å². The van der Waals surface area contributed by atoms with Crippen LogP contribution in [0.1, 0.15) is 37.8 Å². The van der Waals surface area contributed by atoms with Crippen LogP contribution in [0.5, 0.6) is 11.5 Å². The maximum Gasteiger partial charge on any atom is 0.163 e. The van der Waals surface area contributed by atoms with Gasteiger partial charge in [-0.05, 0) is 43.7 Å². The molecule has 26 heavy (non-hydrogen) atoms. The van der Waals surface area contributed by atoms with E-state index in [9.17, 15) is 4.39 Å². The summed E-state index contributed by atoms with van der Waals surface area (Å²) in [6.07, 6.45) is 2.25.